The van der Waals surface area contributed by atoms with Gasteiger partial charge in [0.05, 0.1) is 18.5 Å². The van der Waals surface area contributed by atoms with Crippen molar-refractivity contribution in [1.29, 1.82) is 0 Å². The molecule has 0 aromatic heterocycles. The van der Waals surface area contributed by atoms with E-state index >= 15 is 0 Å². The molecule has 33 heavy (non-hydrogen) atoms. The molecule has 176 valence electrons. The maximum atomic E-state index is 12.6. The first-order valence-electron chi connectivity index (χ1n) is 10.9. The summed E-state index contributed by atoms with van der Waals surface area (Å²) in [6.07, 6.45) is 0.564. The molecule has 0 radical (unpaired) electrons. The van der Waals surface area contributed by atoms with Gasteiger partial charge in [0.1, 0.15) is 5.75 Å². The Morgan fingerprint density at radius 1 is 1.12 bits per heavy atom. The second-order valence-electron chi connectivity index (χ2n) is 8.27. The highest BCUT2D eigenvalue weighted by Gasteiger charge is 2.23. The van der Waals surface area contributed by atoms with Gasteiger partial charge in [0, 0.05) is 43.2 Å². The lowest BCUT2D eigenvalue weighted by atomic mass is 10.1. The van der Waals surface area contributed by atoms with Crippen LogP contribution in [0.3, 0.4) is 0 Å². The third-order valence-electron chi connectivity index (χ3n) is 5.32. The van der Waals surface area contributed by atoms with E-state index in [-0.39, 0.29) is 16.9 Å². The van der Waals surface area contributed by atoms with Crippen LogP contribution in [0.5, 0.6) is 5.75 Å². The van der Waals surface area contributed by atoms with Gasteiger partial charge in [-0.1, -0.05) is 31.5 Å². The molecule has 0 unspecified atom stereocenters. The van der Waals surface area contributed by atoms with Crippen LogP contribution in [0.25, 0.3) is 0 Å². The summed E-state index contributed by atoms with van der Waals surface area (Å²) in [4.78, 5) is 29.1. The minimum Gasteiger partial charge on any atom is -0.497 e. The second kappa shape index (κ2) is 11.3. The predicted octanol–water partition coefficient (Wildman–Crippen LogP) is 4.17. The van der Waals surface area contributed by atoms with Crippen LogP contribution in [0, 0.1) is 5.92 Å². The van der Waals surface area contributed by atoms with Crippen LogP contribution in [0.1, 0.15) is 30.6 Å². The van der Waals surface area contributed by atoms with Gasteiger partial charge >= 0.3 is 0 Å². The van der Waals surface area contributed by atoms with Gasteiger partial charge in [0.25, 0.3) is 5.91 Å². The summed E-state index contributed by atoms with van der Waals surface area (Å²) in [6, 6.07) is 12.3. The highest BCUT2D eigenvalue weighted by atomic mass is 35.5. The molecule has 1 heterocycles. The van der Waals surface area contributed by atoms with Crippen molar-refractivity contribution in [2.24, 2.45) is 5.92 Å². The normalized spacial score (nSPS) is 13.6. The number of anilines is 2. The van der Waals surface area contributed by atoms with Crippen LogP contribution >= 0.6 is 23.8 Å². The van der Waals surface area contributed by atoms with Gasteiger partial charge in [-0.25, -0.2) is 0 Å². The molecule has 0 spiro atoms. The number of nitrogens with one attached hydrogen (secondary N) is 2. The number of rotatable bonds is 6. The van der Waals surface area contributed by atoms with E-state index in [4.69, 9.17) is 28.6 Å². The third-order valence-corrected chi connectivity index (χ3v) is 5.76. The van der Waals surface area contributed by atoms with Crippen molar-refractivity contribution in [1.82, 2.24) is 10.2 Å². The van der Waals surface area contributed by atoms with E-state index in [1.54, 1.807) is 37.4 Å². The summed E-state index contributed by atoms with van der Waals surface area (Å²) >= 11 is 11.6. The molecule has 2 aromatic carbocycles. The fourth-order valence-corrected chi connectivity index (χ4v) is 4.03. The Labute approximate surface area is 205 Å². The van der Waals surface area contributed by atoms with Crippen molar-refractivity contribution in [3.63, 3.8) is 0 Å². The van der Waals surface area contributed by atoms with Crippen LogP contribution < -0.4 is 20.3 Å². The number of halogens is 1. The van der Waals surface area contributed by atoms with Crippen molar-refractivity contribution >= 4 is 52.1 Å². The number of nitrogens with zero attached hydrogens (tertiary/aromatic N) is 2. The average molecular weight is 489 g/mol. The lowest BCUT2D eigenvalue weighted by Crippen LogP contribution is -2.49. The summed E-state index contributed by atoms with van der Waals surface area (Å²) in [7, 11) is 1.55. The lowest BCUT2D eigenvalue weighted by molar-refractivity contribution is -0.132. The number of hydrogen-bond acceptors (Lipinski definition) is 5. The molecular weight excluding hydrogens is 460 g/mol. The Balaban J connectivity index is 1.66. The van der Waals surface area contributed by atoms with Crippen molar-refractivity contribution in [3.8, 4) is 5.75 Å². The zero-order valence-electron chi connectivity index (χ0n) is 19.1. The fraction of sp³-hybridized carbons (Fsp3) is 0.375. The van der Waals surface area contributed by atoms with E-state index in [2.05, 4.69) is 29.4 Å². The van der Waals surface area contributed by atoms with Crippen molar-refractivity contribution < 1.29 is 14.3 Å². The molecular formula is C24H29ClN4O3S. The van der Waals surface area contributed by atoms with Crippen LogP contribution in [-0.4, -0.2) is 55.1 Å². The highest BCUT2D eigenvalue weighted by molar-refractivity contribution is 7.80. The number of benzene rings is 2. The molecule has 0 saturated carbocycles. The quantitative estimate of drug-likeness (QED) is 0.594. The zero-order chi connectivity index (χ0) is 24.0. The molecule has 0 atom stereocenters. The van der Waals surface area contributed by atoms with E-state index in [1.807, 2.05) is 17.0 Å². The molecule has 2 N–H and O–H groups in total. The Bertz CT molecular complexity index is 1020. The number of amides is 2. The Kier molecular flexibility index (Phi) is 8.52. The van der Waals surface area contributed by atoms with Gasteiger partial charge in [0.2, 0.25) is 5.91 Å². The number of carbonyl (C=O) groups is 2. The maximum absolute atomic E-state index is 12.6. The number of ether oxygens (including phenoxy) is 1. The standard InChI is InChI=1S/C24H29ClN4O3S/c1-16(2)13-22(30)29-11-9-28(10-12-29)21-8-7-18(25)15-20(21)26-24(33)27-23(31)17-5-4-6-19(14-17)32-3/h4-8,14-16H,9-13H2,1-3H3,(H2,26,27,31,33). The Hall–Kier alpha value is -2.84. The van der Waals surface area contributed by atoms with Gasteiger partial charge in [-0.15, -0.1) is 0 Å². The molecule has 1 aliphatic rings. The summed E-state index contributed by atoms with van der Waals surface area (Å²) in [5.74, 6) is 0.785. The van der Waals surface area contributed by atoms with Gasteiger partial charge in [-0.05, 0) is 54.5 Å². The first kappa shape index (κ1) is 24.8. The van der Waals surface area contributed by atoms with E-state index < -0.39 is 0 Å². The summed E-state index contributed by atoms with van der Waals surface area (Å²) in [5.41, 5.74) is 2.04. The number of methoxy groups -OCH3 is 1. The summed E-state index contributed by atoms with van der Waals surface area (Å²) < 4.78 is 5.17. The molecule has 1 aliphatic heterocycles. The maximum Gasteiger partial charge on any atom is 0.257 e. The number of hydrogen-bond donors (Lipinski definition) is 2. The Morgan fingerprint density at radius 2 is 1.85 bits per heavy atom. The molecule has 2 aromatic rings. The summed E-state index contributed by atoms with van der Waals surface area (Å²) in [6.45, 7) is 6.81. The van der Waals surface area contributed by atoms with E-state index in [1.165, 1.54) is 0 Å². The Morgan fingerprint density at radius 3 is 2.52 bits per heavy atom. The smallest absolute Gasteiger partial charge is 0.257 e. The van der Waals surface area contributed by atoms with Crippen LogP contribution in [0.2, 0.25) is 5.02 Å². The fourth-order valence-electron chi connectivity index (χ4n) is 3.65. The third kappa shape index (κ3) is 6.82. The molecule has 0 aliphatic carbocycles. The lowest BCUT2D eigenvalue weighted by Gasteiger charge is -2.37. The second-order valence-corrected chi connectivity index (χ2v) is 9.11. The first-order valence-corrected chi connectivity index (χ1v) is 11.6. The first-order chi connectivity index (χ1) is 15.8. The zero-order valence-corrected chi connectivity index (χ0v) is 20.6. The number of thiocarbonyl (C=S) groups is 1. The van der Waals surface area contributed by atoms with Gasteiger partial charge < -0.3 is 19.9 Å². The SMILES string of the molecule is COc1cccc(C(=O)NC(=S)Nc2cc(Cl)ccc2N2CCN(C(=O)CC(C)C)CC2)c1. The van der Waals surface area contributed by atoms with Crippen molar-refractivity contribution in [2.75, 3.05) is 43.5 Å². The van der Waals surface area contributed by atoms with Crippen LogP contribution in [0.15, 0.2) is 42.5 Å². The average Bonchev–Trinajstić information content (AvgIpc) is 2.79. The molecule has 7 nitrogen and oxygen atoms in total. The molecule has 2 amide bonds. The molecule has 1 fully saturated rings. The van der Waals surface area contributed by atoms with Crippen molar-refractivity contribution in [2.45, 2.75) is 20.3 Å². The van der Waals surface area contributed by atoms with Gasteiger partial charge in [0.15, 0.2) is 5.11 Å². The molecule has 3 rings (SSSR count). The van der Waals surface area contributed by atoms with E-state index in [9.17, 15) is 9.59 Å². The van der Waals surface area contributed by atoms with E-state index in [0.29, 0.717) is 60.5 Å². The number of carbonyl (C=O) groups excluding carboxylic acids is 2. The van der Waals surface area contributed by atoms with E-state index in [0.717, 1.165) is 5.69 Å². The molecule has 9 heteroatoms. The number of piperazine rings is 1. The largest absolute Gasteiger partial charge is 0.497 e. The molecule has 0 bridgehead atoms. The highest BCUT2D eigenvalue weighted by Crippen LogP contribution is 2.30. The van der Waals surface area contributed by atoms with Gasteiger partial charge in [-0.2, -0.15) is 0 Å². The predicted molar refractivity (Wildman–Crippen MR) is 136 cm³/mol. The van der Waals surface area contributed by atoms with Crippen molar-refractivity contribution in [3.05, 3.63) is 53.1 Å². The minimum absolute atomic E-state index is 0.164. The minimum atomic E-state index is -0.341. The monoisotopic (exact) mass is 488 g/mol. The molecule has 1 saturated heterocycles. The summed E-state index contributed by atoms with van der Waals surface area (Å²) in [5, 5.41) is 6.51. The van der Waals surface area contributed by atoms with Crippen LogP contribution in [-0.2, 0) is 4.79 Å². The topological polar surface area (TPSA) is 73.9 Å². The van der Waals surface area contributed by atoms with Gasteiger partial charge in [-0.3, -0.25) is 14.9 Å². The van der Waals surface area contributed by atoms with Crippen LogP contribution in [0.4, 0.5) is 11.4 Å².